The zero-order valence-corrected chi connectivity index (χ0v) is 9.94. The molecule has 88 valence electrons. The first-order valence-electron chi connectivity index (χ1n) is 5.68. The standard InChI is InChI=1S/C11H22N2O2/c1-9(2)15-7-6-13-5-4-11(12-14)10(3)8-13/h9-10,14H,4-8H2,1-3H3. The first kappa shape index (κ1) is 12.5. The average Bonchev–Trinajstić information content (AvgIpc) is 2.17. The number of rotatable bonds is 4. The molecule has 0 saturated carbocycles. The third kappa shape index (κ3) is 4.18. The van der Waals surface area contributed by atoms with Crippen molar-refractivity contribution in [1.82, 2.24) is 4.90 Å². The van der Waals surface area contributed by atoms with E-state index in [9.17, 15) is 0 Å². The Kier molecular flexibility index (Phi) is 5.05. The zero-order chi connectivity index (χ0) is 11.3. The molecule has 15 heavy (non-hydrogen) atoms. The SMILES string of the molecule is CC(C)OCCN1CCC(=NO)C(C)C1. The fourth-order valence-electron chi connectivity index (χ4n) is 1.87. The monoisotopic (exact) mass is 214 g/mol. The zero-order valence-electron chi connectivity index (χ0n) is 9.94. The van der Waals surface area contributed by atoms with Crippen LogP contribution < -0.4 is 0 Å². The minimum absolute atomic E-state index is 0.307. The van der Waals surface area contributed by atoms with Crippen molar-refractivity contribution in [2.75, 3.05) is 26.2 Å². The van der Waals surface area contributed by atoms with Gasteiger partial charge in [-0.1, -0.05) is 12.1 Å². The van der Waals surface area contributed by atoms with Gasteiger partial charge >= 0.3 is 0 Å². The molecule has 0 bridgehead atoms. The van der Waals surface area contributed by atoms with Gasteiger partial charge in [0.15, 0.2) is 0 Å². The van der Waals surface area contributed by atoms with Gasteiger partial charge in [-0.25, -0.2) is 0 Å². The molecule has 1 N–H and O–H groups in total. The van der Waals surface area contributed by atoms with Gasteiger partial charge in [-0.05, 0) is 13.8 Å². The Hall–Kier alpha value is -0.610. The van der Waals surface area contributed by atoms with Crippen LogP contribution in [0.4, 0.5) is 0 Å². The highest BCUT2D eigenvalue weighted by Gasteiger charge is 2.21. The predicted molar refractivity (Wildman–Crippen MR) is 60.5 cm³/mol. The molecule has 1 saturated heterocycles. The molecule has 0 aromatic heterocycles. The molecule has 0 aromatic rings. The van der Waals surface area contributed by atoms with Crippen LogP contribution in [0.2, 0.25) is 0 Å². The molecule has 0 spiro atoms. The highest BCUT2D eigenvalue weighted by molar-refractivity contribution is 5.86. The van der Waals surface area contributed by atoms with Crippen molar-refractivity contribution in [2.24, 2.45) is 11.1 Å². The summed E-state index contributed by atoms with van der Waals surface area (Å²) >= 11 is 0. The lowest BCUT2D eigenvalue weighted by molar-refractivity contribution is 0.0563. The maximum absolute atomic E-state index is 8.74. The minimum atomic E-state index is 0.307. The second kappa shape index (κ2) is 6.08. The minimum Gasteiger partial charge on any atom is -0.411 e. The van der Waals surface area contributed by atoms with Crippen LogP contribution >= 0.6 is 0 Å². The van der Waals surface area contributed by atoms with Gasteiger partial charge in [0.1, 0.15) is 0 Å². The molecule has 0 amide bonds. The molecule has 1 atom stereocenters. The topological polar surface area (TPSA) is 45.1 Å². The Balaban J connectivity index is 2.23. The number of ether oxygens (including phenoxy) is 1. The Bertz CT molecular complexity index is 217. The summed E-state index contributed by atoms with van der Waals surface area (Å²) in [6.07, 6.45) is 1.18. The summed E-state index contributed by atoms with van der Waals surface area (Å²) in [6, 6.07) is 0. The Labute approximate surface area is 91.9 Å². The summed E-state index contributed by atoms with van der Waals surface area (Å²) in [5.74, 6) is 0.364. The van der Waals surface area contributed by atoms with E-state index in [1.54, 1.807) is 0 Å². The Morgan fingerprint density at radius 3 is 2.87 bits per heavy atom. The van der Waals surface area contributed by atoms with Crippen molar-refractivity contribution >= 4 is 5.71 Å². The van der Waals surface area contributed by atoms with Crippen LogP contribution in [0.5, 0.6) is 0 Å². The van der Waals surface area contributed by atoms with Crippen LogP contribution in [-0.2, 0) is 4.74 Å². The van der Waals surface area contributed by atoms with Crippen LogP contribution in [0.1, 0.15) is 27.2 Å². The number of likely N-dealkylation sites (tertiary alicyclic amines) is 1. The molecule has 1 rings (SSSR count). The van der Waals surface area contributed by atoms with Gasteiger partial charge < -0.3 is 14.8 Å². The normalized spacial score (nSPS) is 26.4. The molecule has 1 aliphatic rings. The summed E-state index contributed by atoms with van der Waals surface area (Å²) in [6.45, 7) is 9.92. The van der Waals surface area contributed by atoms with E-state index >= 15 is 0 Å². The first-order chi connectivity index (χ1) is 7.13. The van der Waals surface area contributed by atoms with E-state index in [1.807, 2.05) is 0 Å². The summed E-state index contributed by atoms with van der Waals surface area (Å²) in [7, 11) is 0. The van der Waals surface area contributed by atoms with Gasteiger partial charge in [0.25, 0.3) is 0 Å². The van der Waals surface area contributed by atoms with Gasteiger partial charge in [-0.2, -0.15) is 0 Å². The molecule has 4 heteroatoms. The average molecular weight is 214 g/mol. The smallest absolute Gasteiger partial charge is 0.0624 e. The van der Waals surface area contributed by atoms with Crippen molar-refractivity contribution in [3.63, 3.8) is 0 Å². The van der Waals surface area contributed by atoms with E-state index in [4.69, 9.17) is 9.94 Å². The van der Waals surface area contributed by atoms with Crippen LogP contribution in [0.15, 0.2) is 5.16 Å². The number of hydrogen-bond donors (Lipinski definition) is 1. The second-order valence-electron chi connectivity index (χ2n) is 4.46. The van der Waals surface area contributed by atoms with E-state index in [0.717, 1.165) is 38.4 Å². The molecule has 1 heterocycles. The third-order valence-electron chi connectivity index (χ3n) is 2.77. The summed E-state index contributed by atoms with van der Waals surface area (Å²) in [4.78, 5) is 2.36. The van der Waals surface area contributed by atoms with Crippen LogP contribution in [-0.4, -0.2) is 48.2 Å². The van der Waals surface area contributed by atoms with Crippen molar-refractivity contribution in [2.45, 2.75) is 33.3 Å². The largest absolute Gasteiger partial charge is 0.411 e. The van der Waals surface area contributed by atoms with Crippen LogP contribution in [0, 0.1) is 5.92 Å². The van der Waals surface area contributed by atoms with Crippen molar-refractivity contribution < 1.29 is 9.94 Å². The molecule has 0 radical (unpaired) electrons. The van der Waals surface area contributed by atoms with E-state index in [-0.39, 0.29) is 0 Å². The number of piperidine rings is 1. The molecule has 4 nitrogen and oxygen atoms in total. The molecule has 1 unspecified atom stereocenters. The molecular weight excluding hydrogens is 192 g/mol. The summed E-state index contributed by atoms with van der Waals surface area (Å²) < 4.78 is 5.51. The fourth-order valence-corrected chi connectivity index (χ4v) is 1.87. The lowest BCUT2D eigenvalue weighted by atomic mass is 9.98. The Morgan fingerprint density at radius 2 is 2.33 bits per heavy atom. The van der Waals surface area contributed by atoms with Crippen molar-refractivity contribution in [3.05, 3.63) is 0 Å². The van der Waals surface area contributed by atoms with Gasteiger partial charge in [0, 0.05) is 32.0 Å². The van der Waals surface area contributed by atoms with E-state index in [2.05, 4.69) is 30.8 Å². The highest BCUT2D eigenvalue weighted by atomic mass is 16.5. The fraction of sp³-hybridized carbons (Fsp3) is 0.909. The quantitative estimate of drug-likeness (QED) is 0.571. The van der Waals surface area contributed by atoms with Crippen molar-refractivity contribution in [1.29, 1.82) is 0 Å². The number of nitrogens with zero attached hydrogens (tertiary/aromatic N) is 2. The Morgan fingerprint density at radius 1 is 1.60 bits per heavy atom. The van der Waals surface area contributed by atoms with Crippen LogP contribution in [0.3, 0.4) is 0 Å². The molecule has 0 aromatic carbocycles. The molecule has 1 aliphatic heterocycles. The van der Waals surface area contributed by atoms with E-state index < -0.39 is 0 Å². The van der Waals surface area contributed by atoms with E-state index in [0.29, 0.717) is 12.0 Å². The molecule has 1 fully saturated rings. The molecular formula is C11H22N2O2. The summed E-state index contributed by atoms with van der Waals surface area (Å²) in [5, 5.41) is 12.1. The van der Waals surface area contributed by atoms with Gasteiger partial charge in [0.05, 0.1) is 18.4 Å². The number of oxime groups is 1. The highest BCUT2D eigenvalue weighted by Crippen LogP contribution is 2.13. The van der Waals surface area contributed by atoms with Gasteiger partial charge in [-0.15, -0.1) is 0 Å². The maximum atomic E-state index is 8.74. The first-order valence-corrected chi connectivity index (χ1v) is 5.68. The molecule has 0 aliphatic carbocycles. The lowest BCUT2D eigenvalue weighted by Gasteiger charge is -2.31. The lowest BCUT2D eigenvalue weighted by Crippen LogP contribution is -2.41. The van der Waals surface area contributed by atoms with E-state index in [1.165, 1.54) is 0 Å². The van der Waals surface area contributed by atoms with Gasteiger partial charge in [-0.3, -0.25) is 0 Å². The second-order valence-corrected chi connectivity index (χ2v) is 4.46. The third-order valence-corrected chi connectivity index (χ3v) is 2.77. The van der Waals surface area contributed by atoms with Gasteiger partial charge in [0.2, 0.25) is 0 Å². The maximum Gasteiger partial charge on any atom is 0.0624 e. The van der Waals surface area contributed by atoms with Crippen molar-refractivity contribution in [3.8, 4) is 0 Å². The summed E-state index contributed by atoms with van der Waals surface area (Å²) in [5.41, 5.74) is 0.927. The predicted octanol–water partition coefficient (Wildman–Crippen LogP) is 1.58. The van der Waals surface area contributed by atoms with Crippen LogP contribution in [0.25, 0.3) is 0 Å². The number of hydrogen-bond acceptors (Lipinski definition) is 4.